The minimum absolute atomic E-state index is 0.381. The second-order valence-electron chi connectivity index (χ2n) is 4.86. The number of halogens is 1. The molecule has 0 bridgehead atoms. The fraction of sp³-hybridized carbons (Fsp3) is 0.429. The Morgan fingerprint density at radius 1 is 1.32 bits per heavy atom. The summed E-state index contributed by atoms with van der Waals surface area (Å²) in [5.74, 6) is 1.31. The maximum Gasteiger partial charge on any atom is 0.240 e. The van der Waals surface area contributed by atoms with E-state index in [1.54, 1.807) is 0 Å². The molecular formula is C14H18ClN3O. The molecule has 102 valence electrons. The summed E-state index contributed by atoms with van der Waals surface area (Å²) in [5, 5.41) is 4.58. The molecule has 0 unspecified atom stereocenters. The van der Waals surface area contributed by atoms with Crippen LogP contribution in [0.3, 0.4) is 0 Å². The molecule has 0 saturated heterocycles. The summed E-state index contributed by atoms with van der Waals surface area (Å²) in [5.41, 5.74) is 1.18. The van der Waals surface area contributed by atoms with Crippen molar-refractivity contribution in [3.05, 3.63) is 46.6 Å². The van der Waals surface area contributed by atoms with Gasteiger partial charge in [0.15, 0.2) is 5.82 Å². The lowest BCUT2D eigenvalue weighted by atomic mass is 10.2. The van der Waals surface area contributed by atoms with Crippen molar-refractivity contribution in [1.29, 1.82) is 0 Å². The van der Waals surface area contributed by atoms with Crippen molar-refractivity contribution in [3.63, 3.8) is 0 Å². The van der Waals surface area contributed by atoms with Gasteiger partial charge >= 0.3 is 0 Å². The Bertz CT molecular complexity index is 539. The molecule has 1 heterocycles. The highest BCUT2D eigenvalue weighted by molar-refractivity contribution is 6.30. The van der Waals surface area contributed by atoms with E-state index in [0.717, 1.165) is 11.6 Å². The van der Waals surface area contributed by atoms with E-state index in [1.165, 1.54) is 5.56 Å². The van der Waals surface area contributed by atoms with Gasteiger partial charge in [-0.3, -0.25) is 4.90 Å². The molecule has 0 spiro atoms. The molecule has 0 amide bonds. The Morgan fingerprint density at radius 2 is 2.11 bits per heavy atom. The maximum absolute atomic E-state index is 6.01. The van der Waals surface area contributed by atoms with E-state index in [1.807, 2.05) is 25.1 Å². The van der Waals surface area contributed by atoms with Crippen molar-refractivity contribution >= 4 is 11.6 Å². The van der Waals surface area contributed by atoms with Crippen LogP contribution in [0.1, 0.15) is 31.1 Å². The number of nitrogens with zero attached hydrogens (tertiary/aromatic N) is 3. The zero-order chi connectivity index (χ0) is 13.8. The van der Waals surface area contributed by atoms with Gasteiger partial charge < -0.3 is 4.52 Å². The van der Waals surface area contributed by atoms with Crippen molar-refractivity contribution in [2.75, 3.05) is 0 Å². The topological polar surface area (TPSA) is 42.2 Å². The lowest BCUT2D eigenvalue weighted by Crippen LogP contribution is -2.30. The van der Waals surface area contributed by atoms with Crippen LogP contribution in [0.4, 0.5) is 0 Å². The van der Waals surface area contributed by atoms with Crippen molar-refractivity contribution in [2.24, 2.45) is 0 Å². The largest absolute Gasteiger partial charge is 0.338 e. The van der Waals surface area contributed by atoms with Gasteiger partial charge in [0, 0.05) is 17.6 Å². The van der Waals surface area contributed by atoms with E-state index in [-0.39, 0.29) is 0 Å². The Balaban J connectivity index is 2.08. The zero-order valence-corrected chi connectivity index (χ0v) is 12.2. The molecule has 4 nitrogen and oxygen atoms in total. The lowest BCUT2D eigenvalue weighted by Gasteiger charge is -2.24. The van der Waals surface area contributed by atoms with Crippen LogP contribution in [0.25, 0.3) is 0 Å². The van der Waals surface area contributed by atoms with Crippen molar-refractivity contribution in [1.82, 2.24) is 15.0 Å². The molecule has 1 aromatic heterocycles. The van der Waals surface area contributed by atoms with Gasteiger partial charge in [-0.15, -0.1) is 0 Å². The van der Waals surface area contributed by atoms with Gasteiger partial charge in [0.1, 0.15) is 0 Å². The summed E-state index contributed by atoms with van der Waals surface area (Å²) in [7, 11) is 0. The molecule has 0 atom stereocenters. The SMILES string of the molecule is Cc1noc(CN(Cc2cccc(Cl)c2)C(C)C)n1. The van der Waals surface area contributed by atoms with E-state index in [9.17, 15) is 0 Å². The molecule has 2 rings (SSSR count). The first-order chi connectivity index (χ1) is 9.04. The number of rotatable bonds is 5. The minimum atomic E-state index is 0.381. The Kier molecular flexibility index (Phi) is 4.56. The average Bonchev–Trinajstić information content (AvgIpc) is 2.74. The predicted octanol–water partition coefficient (Wildman–Crippen LogP) is 3.44. The number of aryl methyl sites for hydroxylation is 1. The fourth-order valence-corrected chi connectivity index (χ4v) is 2.08. The third kappa shape index (κ3) is 4.04. The molecule has 0 aliphatic heterocycles. The summed E-state index contributed by atoms with van der Waals surface area (Å²) in [4.78, 5) is 6.51. The molecule has 2 aromatic rings. The van der Waals surface area contributed by atoms with Gasteiger partial charge in [-0.2, -0.15) is 4.98 Å². The summed E-state index contributed by atoms with van der Waals surface area (Å²) in [6.07, 6.45) is 0. The molecular weight excluding hydrogens is 262 g/mol. The fourth-order valence-electron chi connectivity index (χ4n) is 1.87. The van der Waals surface area contributed by atoms with Crippen LogP contribution in [-0.2, 0) is 13.1 Å². The molecule has 5 heteroatoms. The monoisotopic (exact) mass is 279 g/mol. The Morgan fingerprint density at radius 3 is 2.68 bits per heavy atom. The second kappa shape index (κ2) is 6.17. The summed E-state index contributed by atoms with van der Waals surface area (Å²) in [6, 6.07) is 8.28. The van der Waals surface area contributed by atoms with E-state index in [2.05, 4.69) is 35.0 Å². The zero-order valence-electron chi connectivity index (χ0n) is 11.4. The average molecular weight is 280 g/mol. The third-order valence-corrected chi connectivity index (χ3v) is 3.15. The highest BCUT2D eigenvalue weighted by Crippen LogP contribution is 2.15. The van der Waals surface area contributed by atoms with E-state index < -0.39 is 0 Å². The van der Waals surface area contributed by atoms with Crippen molar-refractivity contribution in [2.45, 2.75) is 39.9 Å². The molecule has 1 aromatic carbocycles. The highest BCUT2D eigenvalue weighted by atomic mass is 35.5. The van der Waals surface area contributed by atoms with E-state index >= 15 is 0 Å². The van der Waals surface area contributed by atoms with Crippen LogP contribution < -0.4 is 0 Å². The van der Waals surface area contributed by atoms with Gasteiger partial charge in [0.2, 0.25) is 5.89 Å². The molecule has 0 N–H and O–H groups in total. The molecule has 0 aliphatic rings. The standard InChI is InChI=1S/C14H18ClN3O/c1-10(2)18(9-14-16-11(3)17-19-14)8-12-5-4-6-13(15)7-12/h4-7,10H,8-9H2,1-3H3. The van der Waals surface area contributed by atoms with E-state index in [0.29, 0.717) is 24.3 Å². The smallest absolute Gasteiger partial charge is 0.240 e. The molecule has 0 aliphatic carbocycles. The van der Waals surface area contributed by atoms with Crippen LogP contribution in [0.2, 0.25) is 5.02 Å². The van der Waals surface area contributed by atoms with Crippen LogP contribution in [0, 0.1) is 6.92 Å². The summed E-state index contributed by atoms with van der Waals surface area (Å²) >= 11 is 6.01. The Labute approximate surface area is 118 Å². The second-order valence-corrected chi connectivity index (χ2v) is 5.30. The molecule has 0 fully saturated rings. The molecule has 0 radical (unpaired) electrons. The van der Waals surface area contributed by atoms with Gasteiger partial charge in [-0.25, -0.2) is 0 Å². The summed E-state index contributed by atoms with van der Waals surface area (Å²) < 4.78 is 5.18. The Hall–Kier alpha value is -1.39. The van der Waals surface area contributed by atoms with Gasteiger partial charge in [0.05, 0.1) is 6.54 Å². The number of aromatic nitrogens is 2. The first kappa shape index (κ1) is 14.0. The van der Waals surface area contributed by atoms with Crippen molar-refractivity contribution in [3.8, 4) is 0 Å². The van der Waals surface area contributed by atoms with Gasteiger partial charge in [-0.05, 0) is 38.5 Å². The summed E-state index contributed by atoms with van der Waals surface area (Å²) in [6.45, 7) is 7.57. The van der Waals surface area contributed by atoms with Crippen LogP contribution in [0.5, 0.6) is 0 Å². The number of hydrogen-bond acceptors (Lipinski definition) is 4. The number of benzene rings is 1. The minimum Gasteiger partial charge on any atom is -0.338 e. The predicted molar refractivity (Wildman–Crippen MR) is 74.9 cm³/mol. The third-order valence-electron chi connectivity index (χ3n) is 2.91. The molecule has 0 saturated carbocycles. The first-order valence-corrected chi connectivity index (χ1v) is 6.70. The quantitative estimate of drug-likeness (QED) is 0.841. The van der Waals surface area contributed by atoms with Gasteiger partial charge in [0.25, 0.3) is 0 Å². The normalized spacial score (nSPS) is 11.5. The van der Waals surface area contributed by atoms with Crippen LogP contribution >= 0.6 is 11.6 Å². The molecule has 19 heavy (non-hydrogen) atoms. The number of hydrogen-bond donors (Lipinski definition) is 0. The first-order valence-electron chi connectivity index (χ1n) is 6.32. The lowest BCUT2D eigenvalue weighted by molar-refractivity contribution is 0.176. The van der Waals surface area contributed by atoms with Crippen molar-refractivity contribution < 1.29 is 4.52 Å². The van der Waals surface area contributed by atoms with Crippen LogP contribution in [0.15, 0.2) is 28.8 Å². The van der Waals surface area contributed by atoms with E-state index in [4.69, 9.17) is 16.1 Å². The highest BCUT2D eigenvalue weighted by Gasteiger charge is 2.14. The van der Waals surface area contributed by atoms with Crippen LogP contribution in [-0.4, -0.2) is 21.1 Å². The maximum atomic E-state index is 6.01. The van der Waals surface area contributed by atoms with Gasteiger partial charge in [-0.1, -0.05) is 28.9 Å².